The van der Waals surface area contributed by atoms with E-state index in [1.165, 1.54) is 0 Å². The van der Waals surface area contributed by atoms with Crippen LogP contribution in [-0.2, 0) is 0 Å². The summed E-state index contributed by atoms with van der Waals surface area (Å²) in [6, 6.07) is 8.97. The van der Waals surface area contributed by atoms with Gasteiger partial charge in [0.25, 0.3) is 0 Å². The van der Waals surface area contributed by atoms with Crippen molar-refractivity contribution in [3.05, 3.63) is 46.8 Å². The van der Waals surface area contributed by atoms with E-state index in [1.807, 2.05) is 18.2 Å². The molecule has 1 aromatic carbocycles. The molecule has 0 bridgehead atoms. The van der Waals surface area contributed by atoms with Gasteiger partial charge < -0.3 is 14.7 Å². The molecule has 1 N–H and O–H groups in total. The number of amides is 2. The number of benzene rings is 1. The summed E-state index contributed by atoms with van der Waals surface area (Å²) in [6.07, 6.45) is 1.84. The fraction of sp³-hybridized carbons (Fsp3) is 0.412. The van der Waals surface area contributed by atoms with Gasteiger partial charge in [0.05, 0.1) is 16.8 Å². The number of nitrogens with one attached hydrogen (secondary N) is 1. The van der Waals surface area contributed by atoms with E-state index in [4.69, 9.17) is 16.1 Å². The Bertz CT molecular complexity index is 699. The number of hydrogen-bond acceptors (Lipinski definition) is 3. The molecule has 5 nitrogen and oxygen atoms in total. The number of para-hydroxylation sites is 1. The number of carbonyl (C=O) groups excluding carboxylic acids is 1. The van der Waals surface area contributed by atoms with Crippen LogP contribution >= 0.6 is 11.6 Å². The van der Waals surface area contributed by atoms with E-state index < -0.39 is 0 Å². The molecule has 3 rings (SSSR count). The molecule has 0 spiro atoms. The SMILES string of the molecule is CC(C)c1cc([C@@H]2CCCN2C(=O)Nc2ccccc2Cl)no1. The first-order valence-electron chi connectivity index (χ1n) is 7.85. The minimum Gasteiger partial charge on any atom is -0.361 e. The van der Waals surface area contributed by atoms with Crippen LogP contribution in [-0.4, -0.2) is 22.6 Å². The summed E-state index contributed by atoms with van der Waals surface area (Å²) in [6.45, 7) is 4.81. The molecule has 0 radical (unpaired) electrons. The van der Waals surface area contributed by atoms with Crippen LogP contribution in [0.15, 0.2) is 34.9 Å². The largest absolute Gasteiger partial charge is 0.361 e. The number of urea groups is 1. The monoisotopic (exact) mass is 333 g/mol. The third-order valence-corrected chi connectivity index (χ3v) is 4.42. The van der Waals surface area contributed by atoms with E-state index in [-0.39, 0.29) is 18.0 Å². The molecule has 122 valence electrons. The van der Waals surface area contributed by atoms with E-state index in [0.717, 1.165) is 24.3 Å². The second-order valence-corrected chi connectivity index (χ2v) is 6.48. The Morgan fingerprint density at radius 3 is 2.91 bits per heavy atom. The predicted octanol–water partition coefficient (Wildman–Crippen LogP) is 4.82. The molecule has 0 unspecified atom stereocenters. The van der Waals surface area contributed by atoms with Gasteiger partial charge in [0.2, 0.25) is 0 Å². The van der Waals surface area contributed by atoms with Gasteiger partial charge in [-0.3, -0.25) is 0 Å². The Kier molecular flexibility index (Phi) is 4.57. The van der Waals surface area contributed by atoms with Crippen molar-refractivity contribution in [2.24, 2.45) is 0 Å². The number of nitrogens with zero attached hydrogens (tertiary/aromatic N) is 2. The lowest BCUT2D eigenvalue weighted by Crippen LogP contribution is -2.34. The number of halogens is 1. The molecule has 0 aliphatic carbocycles. The molecule has 1 fully saturated rings. The minimum atomic E-state index is -0.158. The third kappa shape index (κ3) is 3.34. The Hall–Kier alpha value is -2.01. The van der Waals surface area contributed by atoms with Crippen LogP contribution in [0.4, 0.5) is 10.5 Å². The predicted molar refractivity (Wildman–Crippen MR) is 89.7 cm³/mol. The molecule has 1 atom stereocenters. The minimum absolute atomic E-state index is 0.0475. The van der Waals surface area contributed by atoms with Gasteiger partial charge in [0.1, 0.15) is 11.5 Å². The number of aromatic nitrogens is 1. The van der Waals surface area contributed by atoms with Crippen molar-refractivity contribution in [3.63, 3.8) is 0 Å². The second kappa shape index (κ2) is 6.62. The molecule has 0 saturated carbocycles. The maximum Gasteiger partial charge on any atom is 0.322 e. The van der Waals surface area contributed by atoms with Crippen molar-refractivity contribution in [3.8, 4) is 0 Å². The lowest BCUT2D eigenvalue weighted by Gasteiger charge is -2.23. The van der Waals surface area contributed by atoms with Gasteiger partial charge in [-0.1, -0.05) is 42.7 Å². The summed E-state index contributed by atoms with van der Waals surface area (Å²) in [7, 11) is 0. The Labute approximate surface area is 140 Å². The van der Waals surface area contributed by atoms with Crippen LogP contribution in [0.3, 0.4) is 0 Å². The fourth-order valence-corrected chi connectivity index (χ4v) is 2.98. The highest BCUT2D eigenvalue weighted by atomic mass is 35.5. The normalized spacial score (nSPS) is 17.7. The average Bonchev–Trinajstić information content (AvgIpc) is 3.17. The molecule has 2 heterocycles. The zero-order chi connectivity index (χ0) is 16.4. The van der Waals surface area contributed by atoms with Crippen molar-refractivity contribution >= 4 is 23.3 Å². The zero-order valence-corrected chi connectivity index (χ0v) is 14.0. The van der Waals surface area contributed by atoms with E-state index in [9.17, 15) is 4.79 Å². The first-order valence-corrected chi connectivity index (χ1v) is 8.22. The van der Waals surface area contributed by atoms with E-state index in [1.54, 1.807) is 17.0 Å². The van der Waals surface area contributed by atoms with Crippen molar-refractivity contribution in [2.45, 2.75) is 38.6 Å². The van der Waals surface area contributed by atoms with Crippen LogP contribution in [0, 0.1) is 0 Å². The summed E-state index contributed by atoms with van der Waals surface area (Å²) in [5, 5.41) is 7.56. The molecule has 1 aliphatic heterocycles. The molecular weight excluding hydrogens is 314 g/mol. The summed E-state index contributed by atoms with van der Waals surface area (Å²) in [5.41, 5.74) is 1.44. The summed E-state index contributed by atoms with van der Waals surface area (Å²) >= 11 is 6.11. The van der Waals surface area contributed by atoms with Crippen LogP contribution in [0.25, 0.3) is 0 Å². The van der Waals surface area contributed by atoms with Crippen molar-refractivity contribution in [1.29, 1.82) is 0 Å². The maximum atomic E-state index is 12.6. The maximum absolute atomic E-state index is 12.6. The summed E-state index contributed by atoms with van der Waals surface area (Å²) in [4.78, 5) is 14.4. The third-order valence-electron chi connectivity index (χ3n) is 4.09. The van der Waals surface area contributed by atoms with Crippen LogP contribution in [0.5, 0.6) is 0 Å². The highest BCUT2D eigenvalue weighted by Gasteiger charge is 2.32. The average molecular weight is 334 g/mol. The molecule has 1 aliphatic rings. The standard InChI is InChI=1S/C17H20ClN3O2/c1-11(2)16-10-14(20-23-16)15-8-5-9-21(15)17(22)19-13-7-4-3-6-12(13)18/h3-4,6-7,10-11,15H,5,8-9H2,1-2H3,(H,19,22)/t15-/m0/s1. The molecule has 23 heavy (non-hydrogen) atoms. The molecule has 2 aromatic rings. The topological polar surface area (TPSA) is 58.4 Å². The quantitative estimate of drug-likeness (QED) is 0.876. The van der Waals surface area contributed by atoms with Crippen LogP contribution < -0.4 is 5.32 Å². The fourth-order valence-electron chi connectivity index (χ4n) is 2.80. The first-order chi connectivity index (χ1) is 11.1. The van der Waals surface area contributed by atoms with E-state index in [0.29, 0.717) is 17.3 Å². The summed E-state index contributed by atoms with van der Waals surface area (Å²) < 4.78 is 5.37. The number of anilines is 1. The molecule has 1 saturated heterocycles. The van der Waals surface area contributed by atoms with E-state index in [2.05, 4.69) is 24.3 Å². The lowest BCUT2D eigenvalue weighted by molar-refractivity contribution is 0.204. The van der Waals surface area contributed by atoms with E-state index >= 15 is 0 Å². The smallest absolute Gasteiger partial charge is 0.322 e. The Morgan fingerprint density at radius 2 is 2.22 bits per heavy atom. The number of carbonyl (C=O) groups is 1. The van der Waals surface area contributed by atoms with Gasteiger partial charge in [-0.15, -0.1) is 0 Å². The number of rotatable bonds is 3. The highest BCUT2D eigenvalue weighted by Crippen LogP contribution is 2.33. The molecule has 1 aromatic heterocycles. The number of likely N-dealkylation sites (tertiary alicyclic amines) is 1. The van der Waals surface area contributed by atoms with Gasteiger partial charge in [0, 0.05) is 18.5 Å². The Morgan fingerprint density at radius 1 is 1.43 bits per heavy atom. The first kappa shape index (κ1) is 15.9. The highest BCUT2D eigenvalue weighted by molar-refractivity contribution is 6.33. The molecule has 2 amide bonds. The van der Waals surface area contributed by atoms with Crippen molar-refractivity contribution < 1.29 is 9.32 Å². The molecule has 6 heteroatoms. The van der Waals surface area contributed by atoms with Gasteiger partial charge in [-0.05, 0) is 25.0 Å². The second-order valence-electron chi connectivity index (χ2n) is 6.07. The van der Waals surface area contributed by atoms with Crippen molar-refractivity contribution in [2.75, 3.05) is 11.9 Å². The van der Waals surface area contributed by atoms with Crippen LogP contribution in [0.1, 0.15) is 50.1 Å². The van der Waals surface area contributed by atoms with Gasteiger partial charge >= 0.3 is 6.03 Å². The van der Waals surface area contributed by atoms with Gasteiger partial charge in [-0.25, -0.2) is 4.79 Å². The van der Waals surface area contributed by atoms with Crippen molar-refractivity contribution in [1.82, 2.24) is 10.1 Å². The molecular formula is C17H20ClN3O2. The zero-order valence-electron chi connectivity index (χ0n) is 13.3. The van der Waals surface area contributed by atoms with Gasteiger partial charge in [0.15, 0.2) is 0 Å². The lowest BCUT2D eigenvalue weighted by atomic mass is 10.1. The summed E-state index contributed by atoms with van der Waals surface area (Å²) in [5.74, 6) is 1.13. The number of hydrogen-bond donors (Lipinski definition) is 1. The van der Waals surface area contributed by atoms with Gasteiger partial charge in [-0.2, -0.15) is 0 Å². The van der Waals surface area contributed by atoms with Crippen LogP contribution in [0.2, 0.25) is 5.02 Å². The Balaban J connectivity index is 1.75.